The van der Waals surface area contributed by atoms with Crippen molar-refractivity contribution in [2.75, 3.05) is 30.0 Å². The summed E-state index contributed by atoms with van der Waals surface area (Å²) in [6.07, 6.45) is 2.46. The third-order valence-electron chi connectivity index (χ3n) is 6.18. The number of unbranched alkanes of at least 4 members (excludes halogenated alkanes) is 1. The summed E-state index contributed by atoms with van der Waals surface area (Å²) in [5, 5.41) is 10.9. The average molecular weight is 533 g/mol. The van der Waals surface area contributed by atoms with Crippen molar-refractivity contribution in [3.8, 4) is 0 Å². The zero-order valence-electron chi connectivity index (χ0n) is 20.9. The van der Waals surface area contributed by atoms with E-state index in [1.54, 1.807) is 24.8 Å². The molecule has 1 aliphatic rings. The number of hydrogen-bond acceptors (Lipinski definition) is 6. The van der Waals surface area contributed by atoms with Crippen LogP contribution in [0.5, 0.6) is 0 Å². The van der Waals surface area contributed by atoms with E-state index >= 15 is 0 Å². The van der Waals surface area contributed by atoms with E-state index < -0.39 is 15.4 Å². The molecular weight excluding hydrogens is 500 g/mol. The van der Waals surface area contributed by atoms with Crippen LogP contribution >= 0.6 is 11.6 Å². The van der Waals surface area contributed by atoms with Gasteiger partial charge in [0, 0.05) is 42.4 Å². The summed E-state index contributed by atoms with van der Waals surface area (Å²) in [6, 6.07) is 13.3. The molecule has 2 aromatic carbocycles. The fourth-order valence-corrected chi connectivity index (χ4v) is 5.64. The number of aliphatic hydroxyl groups is 1. The van der Waals surface area contributed by atoms with Crippen LogP contribution in [0.25, 0.3) is 11.0 Å². The third-order valence-corrected chi connectivity index (χ3v) is 7.45. The van der Waals surface area contributed by atoms with Gasteiger partial charge in [-0.1, -0.05) is 29.8 Å². The van der Waals surface area contributed by atoms with Crippen LogP contribution in [0.2, 0.25) is 5.02 Å². The van der Waals surface area contributed by atoms with Gasteiger partial charge < -0.3 is 14.6 Å². The molecule has 1 N–H and O–H groups in total. The SMILES string of the molecule is CC(C)(O)CN1CC(=O)N(Cc2nc3cc(Cl)ccc3n2CCCCS(C)(=O)=O)c2ccccc2C1. The maximum absolute atomic E-state index is 13.5. The van der Waals surface area contributed by atoms with Gasteiger partial charge >= 0.3 is 0 Å². The minimum atomic E-state index is -3.03. The standard InChI is InChI=1S/C26H33ClN4O4S/c1-26(2,33)18-29-15-19-8-4-5-9-22(19)31(25(32)17-29)16-24-28-21-14-20(27)10-11-23(21)30(24)12-6-7-13-36(3,34)35/h4-5,8-11,14,33H,6-7,12-13,15-18H2,1-3H3. The van der Waals surface area contributed by atoms with Crippen molar-refractivity contribution in [2.24, 2.45) is 0 Å². The Hall–Kier alpha value is -2.46. The van der Waals surface area contributed by atoms with Gasteiger partial charge in [-0.3, -0.25) is 9.69 Å². The number of carbonyl (C=O) groups excluding carboxylic acids is 1. The number of anilines is 1. The summed E-state index contributed by atoms with van der Waals surface area (Å²) in [5.41, 5.74) is 2.54. The largest absolute Gasteiger partial charge is 0.389 e. The molecule has 3 aromatic rings. The first-order valence-electron chi connectivity index (χ1n) is 12.0. The molecule has 194 valence electrons. The lowest BCUT2D eigenvalue weighted by Gasteiger charge is -2.27. The third kappa shape index (κ3) is 6.64. The number of para-hydroxylation sites is 1. The first-order valence-corrected chi connectivity index (χ1v) is 14.5. The normalized spacial score (nSPS) is 15.4. The molecule has 1 aromatic heterocycles. The maximum Gasteiger partial charge on any atom is 0.241 e. The van der Waals surface area contributed by atoms with E-state index in [0.29, 0.717) is 43.3 Å². The number of benzene rings is 2. The Labute approximate surface area is 217 Å². The minimum Gasteiger partial charge on any atom is -0.389 e. The topological polar surface area (TPSA) is 95.7 Å². The number of amides is 1. The highest BCUT2D eigenvalue weighted by Gasteiger charge is 2.30. The fraction of sp³-hybridized carbons (Fsp3) is 0.462. The van der Waals surface area contributed by atoms with E-state index in [9.17, 15) is 18.3 Å². The number of aromatic nitrogens is 2. The Morgan fingerprint density at radius 3 is 2.58 bits per heavy atom. The summed E-state index contributed by atoms with van der Waals surface area (Å²) < 4.78 is 25.2. The van der Waals surface area contributed by atoms with Crippen molar-refractivity contribution in [2.45, 2.75) is 51.9 Å². The Bertz CT molecular complexity index is 1360. The van der Waals surface area contributed by atoms with Crippen molar-refractivity contribution >= 4 is 44.1 Å². The van der Waals surface area contributed by atoms with Gasteiger partial charge in [0.2, 0.25) is 5.91 Å². The molecule has 2 heterocycles. The van der Waals surface area contributed by atoms with Gasteiger partial charge in [0.25, 0.3) is 0 Å². The number of nitrogens with zero attached hydrogens (tertiary/aromatic N) is 4. The molecular formula is C26H33ClN4O4S. The number of halogens is 1. The van der Waals surface area contributed by atoms with Crippen LogP contribution in [0.3, 0.4) is 0 Å². The van der Waals surface area contributed by atoms with Crippen LogP contribution in [0.15, 0.2) is 42.5 Å². The highest BCUT2D eigenvalue weighted by Crippen LogP contribution is 2.29. The van der Waals surface area contributed by atoms with Gasteiger partial charge in [0.05, 0.1) is 29.7 Å². The smallest absolute Gasteiger partial charge is 0.241 e. The van der Waals surface area contributed by atoms with Gasteiger partial charge in [-0.05, 0) is 56.5 Å². The molecule has 0 saturated heterocycles. The second-order valence-electron chi connectivity index (χ2n) is 10.2. The summed E-state index contributed by atoms with van der Waals surface area (Å²) in [7, 11) is -3.03. The van der Waals surface area contributed by atoms with Crippen LogP contribution < -0.4 is 4.90 Å². The quantitative estimate of drug-likeness (QED) is 0.423. The summed E-state index contributed by atoms with van der Waals surface area (Å²) in [6.45, 7) is 5.44. The van der Waals surface area contributed by atoms with Gasteiger partial charge in [-0.25, -0.2) is 13.4 Å². The van der Waals surface area contributed by atoms with Gasteiger partial charge in [-0.15, -0.1) is 0 Å². The van der Waals surface area contributed by atoms with Crippen LogP contribution in [-0.2, 0) is 34.3 Å². The summed E-state index contributed by atoms with van der Waals surface area (Å²) in [4.78, 5) is 22.1. The molecule has 8 nitrogen and oxygen atoms in total. The molecule has 4 rings (SSSR count). The van der Waals surface area contributed by atoms with E-state index in [1.807, 2.05) is 41.3 Å². The first-order chi connectivity index (χ1) is 16.9. The molecule has 0 bridgehead atoms. The number of imidazole rings is 1. The van der Waals surface area contributed by atoms with E-state index in [4.69, 9.17) is 16.6 Å². The predicted molar refractivity (Wildman–Crippen MR) is 143 cm³/mol. The number of rotatable bonds is 9. The van der Waals surface area contributed by atoms with E-state index in [1.165, 1.54) is 6.26 Å². The lowest BCUT2D eigenvalue weighted by molar-refractivity contribution is -0.120. The molecule has 0 unspecified atom stereocenters. The predicted octanol–water partition coefficient (Wildman–Crippen LogP) is 3.63. The van der Waals surface area contributed by atoms with Crippen LogP contribution in [0.1, 0.15) is 38.1 Å². The number of sulfone groups is 1. The molecule has 1 aliphatic heterocycles. The van der Waals surface area contributed by atoms with Gasteiger partial charge in [-0.2, -0.15) is 0 Å². The Kier molecular flexibility index (Phi) is 7.75. The number of β-amino-alcohol motifs (C(OH)–C–C–N with tert-alkyl or cyclic N) is 1. The lowest BCUT2D eigenvalue weighted by Crippen LogP contribution is -2.43. The van der Waals surface area contributed by atoms with Crippen molar-refractivity contribution in [1.82, 2.24) is 14.5 Å². The van der Waals surface area contributed by atoms with Crippen LogP contribution in [0.4, 0.5) is 5.69 Å². The van der Waals surface area contributed by atoms with Crippen molar-refractivity contribution in [3.05, 3.63) is 58.9 Å². The van der Waals surface area contributed by atoms with E-state index in [2.05, 4.69) is 4.57 Å². The van der Waals surface area contributed by atoms with Crippen molar-refractivity contribution < 1.29 is 18.3 Å². The highest BCUT2D eigenvalue weighted by atomic mass is 35.5. The number of fused-ring (bicyclic) bond motifs is 2. The second-order valence-corrected chi connectivity index (χ2v) is 12.9. The molecule has 1 amide bonds. The Morgan fingerprint density at radius 2 is 1.86 bits per heavy atom. The second kappa shape index (κ2) is 10.5. The Balaban J connectivity index is 1.66. The number of carbonyl (C=O) groups is 1. The fourth-order valence-electron chi connectivity index (χ4n) is 4.75. The molecule has 36 heavy (non-hydrogen) atoms. The number of aryl methyl sites for hydroxylation is 1. The zero-order chi connectivity index (χ0) is 26.1. The van der Waals surface area contributed by atoms with Gasteiger partial charge in [0.15, 0.2) is 0 Å². The molecule has 0 fully saturated rings. The minimum absolute atomic E-state index is 0.0714. The van der Waals surface area contributed by atoms with Crippen molar-refractivity contribution in [3.63, 3.8) is 0 Å². The summed E-state index contributed by atoms with van der Waals surface area (Å²) >= 11 is 6.22. The monoisotopic (exact) mass is 532 g/mol. The average Bonchev–Trinajstić information content (AvgIpc) is 3.03. The molecule has 0 atom stereocenters. The first kappa shape index (κ1) is 26.6. The van der Waals surface area contributed by atoms with Crippen LogP contribution in [0, 0.1) is 0 Å². The van der Waals surface area contributed by atoms with Gasteiger partial charge in [0.1, 0.15) is 15.7 Å². The lowest BCUT2D eigenvalue weighted by atomic mass is 10.1. The number of hydrogen-bond donors (Lipinski definition) is 1. The molecule has 0 spiro atoms. The zero-order valence-corrected chi connectivity index (χ0v) is 22.5. The Morgan fingerprint density at radius 1 is 1.11 bits per heavy atom. The highest BCUT2D eigenvalue weighted by molar-refractivity contribution is 7.90. The van der Waals surface area contributed by atoms with E-state index in [0.717, 1.165) is 22.3 Å². The van der Waals surface area contributed by atoms with Crippen molar-refractivity contribution in [1.29, 1.82) is 0 Å². The molecule has 10 heteroatoms. The van der Waals surface area contributed by atoms with Crippen LogP contribution in [-0.4, -0.2) is 64.6 Å². The molecule has 0 radical (unpaired) electrons. The molecule has 0 saturated carbocycles. The molecule has 0 aliphatic carbocycles. The summed E-state index contributed by atoms with van der Waals surface area (Å²) in [5.74, 6) is 0.777. The van der Waals surface area contributed by atoms with E-state index in [-0.39, 0.29) is 24.7 Å². The maximum atomic E-state index is 13.5.